The molecule has 1 fully saturated rings. The molecule has 2 unspecified atom stereocenters. The molecule has 4 nitrogen and oxygen atoms in total. The number of amides is 1. The molecule has 1 rings (SSSR count). The zero-order valence-corrected chi connectivity index (χ0v) is 9.89. The lowest BCUT2D eigenvalue weighted by Gasteiger charge is -2.23. The molecule has 0 aromatic heterocycles. The Morgan fingerprint density at radius 1 is 1.69 bits per heavy atom. The zero-order chi connectivity index (χ0) is 12.0. The first-order chi connectivity index (χ1) is 7.65. The number of carbonyl (C=O) groups is 1. The summed E-state index contributed by atoms with van der Waals surface area (Å²) in [5.74, 6) is -0.104. The van der Waals surface area contributed by atoms with Gasteiger partial charge in [-0.3, -0.25) is 9.63 Å². The van der Waals surface area contributed by atoms with Gasteiger partial charge >= 0.3 is 0 Å². The lowest BCUT2D eigenvalue weighted by Crippen LogP contribution is -2.36. The highest BCUT2D eigenvalue weighted by Crippen LogP contribution is 2.22. The van der Waals surface area contributed by atoms with Crippen molar-refractivity contribution < 1.29 is 14.7 Å². The van der Waals surface area contributed by atoms with Gasteiger partial charge in [-0.15, -0.1) is 6.58 Å². The minimum Gasteiger partial charge on any atom is -0.393 e. The third-order valence-corrected chi connectivity index (χ3v) is 2.73. The molecule has 4 heteroatoms. The van der Waals surface area contributed by atoms with Crippen LogP contribution in [0.4, 0.5) is 0 Å². The number of rotatable bonds is 5. The first-order valence-electron chi connectivity index (χ1n) is 5.88. The van der Waals surface area contributed by atoms with E-state index in [1.807, 2.05) is 0 Å². The van der Waals surface area contributed by atoms with Gasteiger partial charge in [0.15, 0.2) is 0 Å². The summed E-state index contributed by atoms with van der Waals surface area (Å²) in [6, 6.07) is 0. The van der Waals surface area contributed by atoms with Gasteiger partial charge in [0.25, 0.3) is 0 Å². The van der Waals surface area contributed by atoms with E-state index in [1.54, 1.807) is 13.0 Å². The van der Waals surface area contributed by atoms with Crippen molar-refractivity contribution in [2.75, 3.05) is 13.2 Å². The minimum atomic E-state index is -0.437. The molecule has 1 saturated heterocycles. The SMILES string of the molecule is C=CCON1CCCCC(CC(C)O)C1=O. The van der Waals surface area contributed by atoms with Crippen LogP contribution < -0.4 is 0 Å². The Balaban J connectivity index is 2.57. The monoisotopic (exact) mass is 227 g/mol. The zero-order valence-electron chi connectivity index (χ0n) is 9.89. The predicted octanol–water partition coefficient (Wildman–Crippen LogP) is 1.50. The first kappa shape index (κ1) is 13.2. The number of nitrogens with zero attached hydrogens (tertiary/aromatic N) is 1. The highest BCUT2D eigenvalue weighted by atomic mass is 16.7. The maximum absolute atomic E-state index is 12.0. The van der Waals surface area contributed by atoms with Crippen LogP contribution in [0.5, 0.6) is 0 Å². The van der Waals surface area contributed by atoms with E-state index in [1.165, 1.54) is 5.06 Å². The standard InChI is InChI=1S/C12H21NO3/c1-3-8-16-13-7-5-4-6-11(12(13)15)9-10(2)14/h3,10-11,14H,1,4-9H2,2H3. The van der Waals surface area contributed by atoms with Crippen LogP contribution in [-0.2, 0) is 9.63 Å². The van der Waals surface area contributed by atoms with E-state index >= 15 is 0 Å². The van der Waals surface area contributed by atoms with Crippen LogP contribution in [0.1, 0.15) is 32.6 Å². The normalized spacial score (nSPS) is 24.0. The van der Waals surface area contributed by atoms with Gasteiger partial charge in [-0.05, 0) is 26.2 Å². The molecule has 0 spiro atoms. The molecule has 0 aromatic rings. The summed E-state index contributed by atoms with van der Waals surface area (Å²) in [7, 11) is 0. The summed E-state index contributed by atoms with van der Waals surface area (Å²) in [5.41, 5.74) is 0. The van der Waals surface area contributed by atoms with Gasteiger partial charge in [-0.1, -0.05) is 12.5 Å². The quantitative estimate of drug-likeness (QED) is 0.724. The van der Waals surface area contributed by atoms with Crippen molar-refractivity contribution in [1.82, 2.24) is 5.06 Å². The van der Waals surface area contributed by atoms with Crippen LogP contribution in [-0.4, -0.2) is 35.3 Å². The molecule has 0 bridgehead atoms. The second kappa shape index (κ2) is 6.66. The van der Waals surface area contributed by atoms with Crippen LogP contribution in [0, 0.1) is 5.92 Å². The number of aliphatic hydroxyl groups is 1. The summed E-state index contributed by atoms with van der Waals surface area (Å²) in [6.45, 7) is 6.27. The molecule has 0 saturated carbocycles. The molecule has 1 N–H and O–H groups in total. The molecular weight excluding hydrogens is 206 g/mol. The average Bonchev–Trinajstić information content (AvgIpc) is 2.40. The Labute approximate surface area is 96.8 Å². The molecule has 1 amide bonds. The largest absolute Gasteiger partial charge is 0.393 e. The highest BCUT2D eigenvalue weighted by molar-refractivity contribution is 5.78. The van der Waals surface area contributed by atoms with Gasteiger partial charge in [-0.25, -0.2) is 5.06 Å². The molecule has 1 heterocycles. The molecule has 1 aliphatic rings. The van der Waals surface area contributed by atoms with E-state index in [0.717, 1.165) is 19.3 Å². The number of hydroxylamine groups is 2. The van der Waals surface area contributed by atoms with Crippen LogP contribution in [0.2, 0.25) is 0 Å². The molecule has 0 radical (unpaired) electrons. The lowest BCUT2D eigenvalue weighted by atomic mass is 9.96. The third kappa shape index (κ3) is 3.94. The Morgan fingerprint density at radius 3 is 3.06 bits per heavy atom. The maximum atomic E-state index is 12.0. The van der Waals surface area contributed by atoms with Crippen LogP contribution in [0.15, 0.2) is 12.7 Å². The molecule has 16 heavy (non-hydrogen) atoms. The van der Waals surface area contributed by atoms with E-state index < -0.39 is 6.10 Å². The summed E-state index contributed by atoms with van der Waals surface area (Å²) in [4.78, 5) is 17.4. The second-order valence-electron chi connectivity index (χ2n) is 4.30. The van der Waals surface area contributed by atoms with Crippen LogP contribution in [0.3, 0.4) is 0 Å². The van der Waals surface area contributed by atoms with E-state index in [9.17, 15) is 9.90 Å². The fraction of sp³-hybridized carbons (Fsp3) is 0.750. The number of carbonyl (C=O) groups excluding carboxylic acids is 1. The predicted molar refractivity (Wildman–Crippen MR) is 61.5 cm³/mol. The molecular formula is C12H21NO3. The van der Waals surface area contributed by atoms with Gasteiger partial charge in [0, 0.05) is 12.5 Å². The van der Waals surface area contributed by atoms with Crippen molar-refractivity contribution in [3.8, 4) is 0 Å². The molecule has 92 valence electrons. The van der Waals surface area contributed by atoms with E-state index in [4.69, 9.17) is 4.84 Å². The molecule has 0 aliphatic carbocycles. The van der Waals surface area contributed by atoms with Crippen molar-refractivity contribution in [2.24, 2.45) is 5.92 Å². The molecule has 2 atom stereocenters. The third-order valence-electron chi connectivity index (χ3n) is 2.73. The van der Waals surface area contributed by atoms with Crippen LogP contribution in [0.25, 0.3) is 0 Å². The van der Waals surface area contributed by atoms with Gasteiger partial charge in [0.1, 0.15) is 0 Å². The summed E-state index contributed by atoms with van der Waals surface area (Å²) in [5, 5.41) is 10.8. The number of hydrogen-bond donors (Lipinski definition) is 1. The summed E-state index contributed by atoms with van der Waals surface area (Å²) in [6.07, 6.45) is 4.52. The first-order valence-corrected chi connectivity index (χ1v) is 5.88. The summed E-state index contributed by atoms with van der Waals surface area (Å²) < 4.78 is 0. The molecule has 0 aromatic carbocycles. The van der Waals surface area contributed by atoms with Crippen molar-refractivity contribution in [3.63, 3.8) is 0 Å². The maximum Gasteiger partial charge on any atom is 0.249 e. The number of aliphatic hydroxyl groups excluding tert-OH is 1. The smallest absolute Gasteiger partial charge is 0.249 e. The topological polar surface area (TPSA) is 49.8 Å². The van der Waals surface area contributed by atoms with Crippen molar-refractivity contribution >= 4 is 5.91 Å². The van der Waals surface area contributed by atoms with E-state index in [2.05, 4.69) is 6.58 Å². The Hall–Kier alpha value is -0.870. The van der Waals surface area contributed by atoms with E-state index in [0.29, 0.717) is 19.6 Å². The van der Waals surface area contributed by atoms with Crippen molar-refractivity contribution in [2.45, 2.75) is 38.7 Å². The van der Waals surface area contributed by atoms with Gasteiger partial charge in [0.05, 0.1) is 12.7 Å². The Kier molecular flexibility index (Phi) is 5.49. The van der Waals surface area contributed by atoms with Crippen LogP contribution >= 0.6 is 0 Å². The fourth-order valence-corrected chi connectivity index (χ4v) is 1.98. The molecule has 1 aliphatic heterocycles. The van der Waals surface area contributed by atoms with Gasteiger partial charge in [0.2, 0.25) is 5.91 Å². The van der Waals surface area contributed by atoms with Crippen molar-refractivity contribution in [3.05, 3.63) is 12.7 Å². The second-order valence-corrected chi connectivity index (χ2v) is 4.30. The van der Waals surface area contributed by atoms with Gasteiger partial charge < -0.3 is 5.11 Å². The Bertz CT molecular complexity index is 240. The summed E-state index contributed by atoms with van der Waals surface area (Å²) >= 11 is 0. The fourth-order valence-electron chi connectivity index (χ4n) is 1.98. The van der Waals surface area contributed by atoms with Crippen molar-refractivity contribution in [1.29, 1.82) is 0 Å². The average molecular weight is 227 g/mol. The van der Waals surface area contributed by atoms with E-state index in [-0.39, 0.29) is 11.8 Å². The van der Waals surface area contributed by atoms with Gasteiger partial charge in [-0.2, -0.15) is 0 Å². The lowest BCUT2D eigenvalue weighted by molar-refractivity contribution is -0.185. The minimum absolute atomic E-state index is 0.000231. The number of hydrogen-bond acceptors (Lipinski definition) is 3. The Morgan fingerprint density at radius 2 is 2.44 bits per heavy atom. The highest BCUT2D eigenvalue weighted by Gasteiger charge is 2.28.